The molecule has 0 aromatic heterocycles. The van der Waals surface area contributed by atoms with E-state index in [0.29, 0.717) is 16.1 Å². The Morgan fingerprint density at radius 1 is 1.19 bits per heavy atom. The zero-order chi connectivity index (χ0) is 23.4. The molecule has 0 spiro atoms. The van der Waals surface area contributed by atoms with Crippen LogP contribution < -0.4 is 14.4 Å². The van der Waals surface area contributed by atoms with E-state index in [9.17, 15) is 26.4 Å². The number of amides is 1. The summed E-state index contributed by atoms with van der Waals surface area (Å²) in [4.78, 5) is 12.4. The predicted molar refractivity (Wildman–Crippen MR) is 113 cm³/mol. The van der Waals surface area contributed by atoms with Crippen LogP contribution in [0.25, 0.3) is 0 Å². The predicted octanol–water partition coefficient (Wildman–Crippen LogP) is 4.02. The Labute approximate surface area is 184 Å². The van der Waals surface area contributed by atoms with Crippen molar-refractivity contribution in [2.75, 3.05) is 23.7 Å². The van der Waals surface area contributed by atoms with E-state index in [-0.39, 0.29) is 12.3 Å². The van der Waals surface area contributed by atoms with Crippen LogP contribution in [-0.4, -0.2) is 39.8 Å². The summed E-state index contributed by atoms with van der Waals surface area (Å²) in [6, 6.07) is 9.44. The summed E-state index contributed by atoms with van der Waals surface area (Å²) < 4.78 is 69.8. The van der Waals surface area contributed by atoms with Crippen molar-refractivity contribution in [1.29, 1.82) is 0 Å². The molecule has 1 unspecified atom stereocenters. The summed E-state index contributed by atoms with van der Waals surface area (Å²) in [6.45, 7) is 3.00. The molecule has 0 aliphatic carbocycles. The third-order valence-corrected chi connectivity index (χ3v) is 5.63. The van der Waals surface area contributed by atoms with Gasteiger partial charge in [-0.1, -0.05) is 29.3 Å². The van der Waals surface area contributed by atoms with Gasteiger partial charge in [-0.25, -0.2) is 8.42 Å². The highest BCUT2D eigenvalue weighted by atomic mass is 35.5. The van der Waals surface area contributed by atoms with E-state index in [1.165, 1.54) is 0 Å². The minimum Gasteiger partial charge on any atom is -0.491 e. The molecule has 0 aliphatic heterocycles. The molecule has 0 radical (unpaired) electrons. The second kappa shape index (κ2) is 9.78. The summed E-state index contributed by atoms with van der Waals surface area (Å²) in [6.07, 6.45) is -3.98. The zero-order valence-corrected chi connectivity index (χ0v) is 18.6. The van der Waals surface area contributed by atoms with Crippen LogP contribution in [-0.2, 0) is 21.0 Å². The first-order valence-corrected chi connectivity index (χ1v) is 11.3. The lowest BCUT2D eigenvalue weighted by molar-refractivity contribution is -0.137. The molecular formula is C20H22ClF3N2O4S. The van der Waals surface area contributed by atoms with E-state index in [0.717, 1.165) is 24.0 Å². The lowest BCUT2D eigenvalue weighted by Gasteiger charge is -2.24. The van der Waals surface area contributed by atoms with Gasteiger partial charge in [0.1, 0.15) is 18.9 Å². The molecule has 6 nitrogen and oxygen atoms in total. The summed E-state index contributed by atoms with van der Waals surface area (Å²) in [5.74, 6) is -0.0979. The van der Waals surface area contributed by atoms with Gasteiger partial charge < -0.3 is 10.1 Å². The summed E-state index contributed by atoms with van der Waals surface area (Å²) >= 11 is 5.59. The van der Waals surface area contributed by atoms with Crippen molar-refractivity contribution in [1.82, 2.24) is 5.32 Å². The molecule has 1 atom stereocenters. The Hall–Kier alpha value is -2.46. The fraction of sp³-hybridized carbons (Fsp3) is 0.350. The third kappa shape index (κ3) is 7.32. The highest BCUT2D eigenvalue weighted by Gasteiger charge is 2.34. The van der Waals surface area contributed by atoms with E-state index >= 15 is 0 Å². The fourth-order valence-corrected chi connectivity index (χ4v) is 3.71. The van der Waals surface area contributed by atoms with Gasteiger partial charge in [0.2, 0.25) is 15.9 Å². The number of carbonyl (C=O) groups is 1. The Kier molecular flexibility index (Phi) is 7.82. The first kappa shape index (κ1) is 24.8. The highest BCUT2D eigenvalue weighted by molar-refractivity contribution is 7.92. The molecule has 0 heterocycles. The van der Waals surface area contributed by atoms with Gasteiger partial charge in [-0.2, -0.15) is 13.2 Å². The van der Waals surface area contributed by atoms with Crippen LogP contribution >= 0.6 is 11.6 Å². The van der Waals surface area contributed by atoms with Crippen LogP contribution in [0.15, 0.2) is 42.5 Å². The molecule has 0 bridgehead atoms. The monoisotopic (exact) mass is 478 g/mol. The van der Waals surface area contributed by atoms with Crippen molar-refractivity contribution >= 4 is 33.2 Å². The third-order valence-electron chi connectivity index (χ3n) is 4.16. The fourth-order valence-electron chi connectivity index (χ4n) is 2.63. The number of alkyl halides is 3. The van der Waals surface area contributed by atoms with Crippen LogP contribution in [0.5, 0.6) is 5.75 Å². The van der Waals surface area contributed by atoms with Gasteiger partial charge in [-0.3, -0.25) is 9.10 Å². The molecule has 2 rings (SSSR count). The molecule has 0 aliphatic rings. The first-order chi connectivity index (χ1) is 14.3. The lowest BCUT2D eigenvalue weighted by Crippen LogP contribution is -2.45. The van der Waals surface area contributed by atoms with Crippen LogP contribution in [0.1, 0.15) is 18.1 Å². The van der Waals surface area contributed by atoms with E-state index in [2.05, 4.69) is 5.32 Å². The van der Waals surface area contributed by atoms with Gasteiger partial charge in [0.15, 0.2) is 0 Å². The number of nitrogens with zero attached hydrogens (tertiary/aromatic N) is 1. The maximum Gasteiger partial charge on any atom is 0.417 e. The number of sulfonamides is 1. The number of benzene rings is 2. The van der Waals surface area contributed by atoms with Crippen molar-refractivity contribution in [3.8, 4) is 5.75 Å². The van der Waals surface area contributed by atoms with E-state index < -0.39 is 45.3 Å². The number of anilines is 1. The molecule has 170 valence electrons. The molecule has 0 saturated carbocycles. The normalized spacial score (nSPS) is 12.9. The lowest BCUT2D eigenvalue weighted by atomic mass is 10.2. The minimum atomic E-state index is -4.78. The average Bonchev–Trinajstić information content (AvgIpc) is 2.64. The maximum absolute atomic E-state index is 13.1. The Morgan fingerprint density at radius 3 is 2.35 bits per heavy atom. The number of halogens is 4. The number of rotatable bonds is 8. The van der Waals surface area contributed by atoms with Gasteiger partial charge in [0, 0.05) is 0 Å². The van der Waals surface area contributed by atoms with Crippen molar-refractivity contribution < 1.29 is 31.1 Å². The Morgan fingerprint density at radius 2 is 1.81 bits per heavy atom. The second-order valence-electron chi connectivity index (χ2n) is 7.02. The number of carbonyl (C=O) groups excluding carboxylic acids is 1. The molecule has 1 amide bonds. The SMILES string of the molecule is Cc1ccc(OCC(C)NC(=O)CN(c2ccc(Cl)c(C(F)(F)F)c2)S(C)(=O)=O)cc1. The van der Waals surface area contributed by atoms with Crippen molar-refractivity contribution in [3.05, 3.63) is 58.6 Å². The smallest absolute Gasteiger partial charge is 0.417 e. The molecule has 2 aromatic carbocycles. The van der Waals surface area contributed by atoms with E-state index in [1.807, 2.05) is 19.1 Å². The number of hydrogen-bond donors (Lipinski definition) is 1. The molecule has 0 fully saturated rings. The zero-order valence-electron chi connectivity index (χ0n) is 17.0. The van der Waals surface area contributed by atoms with E-state index in [1.54, 1.807) is 19.1 Å². The van der Waals surface area contributed by atoms with E-state index in [4.69, 9.17) is 16.3 Å². The number of ether oxygens (including phenoxy) is 1. The van der Waals surface area contributed by atoms with Crippen LogP contribution in [0.3, 0.4) is 0 Å². The van der Waals surface area contributed by atoms with Crippen molar-refractivity contribution in [2.45, 2.75) is 26.1 Å². The van der Waals surface area contributed by atoms with Gasteiger partial charge in [-0.15, -0.1) is 0 Å². The summed E-state index contributed by atoms with van der Waals surface area (Å²) in [7, 11) is -4.05. The van der Waals surface area contributed by atoms with Crippen LogP contribution in [0.4, 0.5) is 18.9 Å². The molecule has 2 aromatic rings. The standard InChI is InChI=1S/C20H22ClF3N2O4S/c1-13-4-7-16(8-5-13)30-12-14(2)25-19(27)11-26(31(3,28)29)15-6-9-18(21)17(10-15)20(22,23)24/h4-10,14H,11-12H2,1-3H3,(H,25,27). The number of hydrogen-bond acceptors (Lipinski definition) is 4. The largest absolute Gasteiger partial charge is 0.491 e. The Bertz CT molecular complexity index is 1030. The van der Waals surface area contributed by atoms with Crippen LogP contribution in [0.2, 0.25) is 5.02 Å². The van der Waals surface area contributed by atoms with Crippen molar-refractivity contribution in [3.63, 3.8) is 0 Å². The summed E-state index contributed by atoms with van der Waals surface area (Å²) in [5, 5.41) is 2.00. The van der Waals surface area contributed by atoms with Gasteiger partial charge in [-0.05, 0) is 44.2 Å². The second-order valence-corrected chi connectivity index (χ2v) is 9.34. The van der Waals surface area contributed by atoms with Gasteiger partial charge >= 0.3 is 6.18 Å². The minimum absolute atomic E-state index is 0.118. The topological polar surface area (TPSA) is 75.7 Å². The maximum atomic E-state index is 13.1. The summed E-state index contributed by atoms with van der Waals surface area (Å²) in [5.41, 5.74) is -0.455. The van der Waals surface area contributed by atoms with Crippen molar-refractivity contribution in [2.24, 2.45) is 0 Å². The highest BCUT2D eigenvalue weighted by Crippen LogP contribution is 2.37. The quantitative estimate of drug-likeness (QED) is 0.622. The Balaban J connectivity index is 2.09. The molecule has 1 N–H and O–H groups in total. The number of aryl methyl sites for hydroxylation is 1. The number of nitrogens with one attached hydrogen (secondary N) is 1. The van der Waals surface area contributed by atoms with Gasteiger partial charge in [0.25, 0.3) is 0 Å². The molecule has 11 heteroatoms. The average molecular weight is 479 g/mol. The van der Waals surface area contributed by atoms with Gasteiger partial charge in [0.05, 0.1) is 28.6 Å². The molecule has 31 heavy (non-hydrogen) atoms. The first-order valence-electron chi connectivity index (χ1n) is 9.10. The molecule has 0 saturated heterocycles. The van der Waals surface area contributed by atoms with Crippen LogP contribution in [0, 0.1) is 6.92 Å². The molecular weight excluding hydrogens is 457 g/mol.